The van der Waals surface area contributed by atoms with Crippen molar-refractivity contribution < 1.29 is 18.3 Å². The minimum Gasteiger partial charge on any atom is -0.497 e. The van der Waals surface area contributed by atoms with Crippen LogP contribution in [0.25, 0.3) is 11.0 Å². The lowest BCUT2D eigenvalue weighted by Crippen LogP contribution is -2.29. The Hall–Kier alpha value is -3.93. The van der Waals surface area contributed by atoms with Crippen molar-refractivity contribution >= 4 is 16.9 Å². The van der Waals surface area contributed by atoms with Crippen molar-refractivity contribution in [2.45, 2.75) is 12.6 Å². The second kappa shape index (κ2) is 7.40. The van der Waals surface area contributed by atoms with E-state index >= 15 is 0 Å². The summed E-state index contributed by atoms with van der Waals surface area (Å²) in [5.41, 5.74) is 1.97. The summed E-state index contributed by atoms with van der Waals surface area (Å²) < 4.78 is 24.5. The van der Waals surface area contributed by atoms with Crippen molar-refractivity contribution in [1.29, 1.82) is 0 Å². The van der Waals surface area contributed by atoms with Crippen molar-refractivity contribution in [2.75, 3.05) is 7.11 Å². The SMILES string of the molecule is COc1ccc(C2c3c(oc4ccccc4c3=O)C(=O)N2Cc2ccc(F)cc2)cc1. The molecule has 0 saturated carbocycles. The molecule has 1 aliphatic rings. The second-order valence-electron chi connectivity index (χ2n) is 7.41. The van der Waals surface area contributed by atoms with Crippen LogP contribution < -0.4 is 10.2 Å². The highest BCUT2D eigenvalue weighted by Gasteiger charge is 2.42. The molecule has 1 unspecified atom stereocenters. The molecule has 0 radical (unpaired) electrons. The zero-order chi connectivity index (χ0) is 21.5. The molecule has 5 rings (SSSR count). The number of carbonyl (C=O) groups is 1. The molecule has 5 nitrogen and oxygen atoms in total. The van der Waals surface area contributed by atoms with Crippen molar-refractivity contribution in [2.24, 2.45) is 0 Å². The Balaban J connectivity index is 1.69. The lowest BCUT2D eigenvalue weighted by molar-refractivity contribution is 0.0714. The van der Waals surface area contributed by atoms with Gasteiger partial charge < -0.3 is 14.1 Å². The van der Waals surface area contributed by atoms with Gasteiger partial charge in [0, 0.05) is 6.54 Å². The van der Waals surface area contributed by atoms with Gasteiger partial charge in [0.15, 0.2) is 5.43 Å². The van der Waals surface area contributed by atoms with Crippen molar-refractivity contribution in [1.82, 2.24) is 4.90 Å². The molecule has 1 atom stereocenters. The van der Waals surface area contributed by atoms with Crippen molar-refractivity contribution in [3.05, 3.63) is 111 Å². The number of amides is 1. The molecule has 154 valence electrons. The summed E-state index contributed by atoms with van der Waals surface area (Å²) in [5.74, 6) is -0.00636. The predicted octanol–water partition coefficient (Wildman–Crippen LogP) is 4.69. The van der Waals surface area contributed by atoms with Gasteiger partial charge in [-0.3, -0.25) is 9.59 Å². The van der Waals surface area contributed by atoms with E-state index in [1.54, 1.807) is 60.5 Å². The fraction of sp³-hybridized carbons (Fsp3) is 0.120. The van der Waals surface area contributed by atoms with Crippen LogP contribution in [0.2, 0.25) is 0 Å². The van der Waals surface area contributed by atoms with Crippen LogP contribution in [0.3, 0.4) is 0 Å². The summed E-state index contributed by atoms with van der Waals surface area (Å²) in [6, 6.07) is 19.5. The van der Waals surface area contributed by atoms with Gasteiger partial charge >= 0.3 is 0 Å². The predicted molar refractivity (Wildman–Crippen MR) is 114 cm³/mol. The molecule has 0 bridgehead atoms. The molecule has 0 fully saturated rings. The standard InChI is InChI=1S/C25H18FNO4/c1-30-18-12-8-16(9-13-18)22-21-23(28)19-4-2-3-5-20(19)31-24(21)25(29)27(22)14-15-6-10-17(26)11-7-15/h2-13,22H,14H2,1H3. The van der Waals surface area contributed by atoms with E-state index in [0.29, 0.717) is 22.3 Å². The maximum atomic E-state index is 13.4. The molecule has 0 saturated heterocycles. The third-order valence-electron chi connectivity index (χ3n) is 5.57. The van der Waals surface area contributed by atoms with E-state index < -0.39 is 6.04 Å². The molecule has 4 aromatic rings. The first-order chi connectivity index (χ1) is 15.1. The van der Waals surface area contributed by atoms with E-state index in [-0.39, 0.29) is 29.5 Å². The minimum absolute atomic E-state index is 0.0478. The normalized spacial score (nSPS) is 15.4. The Kier molecular flexibility index (Phi) is 4.55. The van der Waals surface area contributed by atoms with Gasteiger partial charge in [-0.2, -0.15) is 0 Å². The molecule has 31 heavy (non-hydrogen) atoms. The Morgan fingerprint density at radius 3 is 2.39 bits per heavy atom. The number of hydrogen-bond donors (Lipinski definition) is 0. The molecule has 1 amide bonds. The number of ether oxygens (including phenoxy) is 1. The van der Waals surface area contributed by atoms with Gasteiger partial charge in [0.1, 0.15) is 17.1 Å². The number of hydrogen-bond acceptors (Lipinski definition) is 4. The lowest BCUT2D eigenvalue weighted by Gasteiger charge is -2.25. The van der Waals surface area contributed by atoms with Crippen LogP contribution in [-0.2, 0) is 6.54 Å². The molecule has 6 heteroatoms. The van der Waals surface area contributed by atoms with Crippen LogP contribution in [-0.4, -0.2) is 17.9 Å². The van der Waals surface area contributed by atoms with Crippen LogP contribution in [0, 0.1) is 5.82 Å². The smallest absolute Gasteiger partial charge is 0.291 e. The zero-order valence-electron chi connectivity index (χ0n) is 16.7. The Bertz CT molecular complexity index is 1340. The molecule has 1 aromatic heterocycles. The summed E-state index contributed by atoms with van der Waals surface area (Å²) in [4.78, 5) is 28.4. The van der Waals surface area contributed by atoms with E-state index in [4.69, 9.17) is 9.15 Å². The maximum Gasteiger partial charge on any atom is 0.291 e. The molecule has 0 aliphatic carbocycles. The van der Waals surface area contributed by atoms with Gasteiger partial charge in [0.2, 0.25) is 5.76 Å². The Labute approximate surface area is 177 Å². The summed E-state index contributed by atoms with van der Waals surface area (Å²) in [6.07, 6.45) is 0. The highest BCUT2D eigenvalue weighted by molar-refractivity contribution is 5.99. The van der Waals surface area contributed by atoms with Gasteiger partial charge in [-0.1, -0.05) is 36.4 Å². The van der Waals surface area contributed by atoms with Gasteiger partial charge in [-0.15, -0.1) is 0 Å². The number of para-hydroxylation sites is 1. The fourth-order valence-electron chi connectivity index (χ4n) is 4.05. The first-order valence-electron chi connectivity index (χ1n) is 9.82. The number of fused-ring (bicyclic) bond motifs is 2. The minimum atomic E-state index is -0.626. The summed E-state index contributed by atoms with van der Waals surface area (Å²) in [7, 11) is 1.57. The average Bonchev–Trinajstić information content (AvgIpc) is 3.07. The Morgan fingerprint density at radius 1 is 0.968 bits per heavy atom. The zero-order valence-corrected chi connectivity index (χ0v) is 16.7. The van der Waals surface area contributed by atoms with Gasteiger partial charge in [-0.05, 0) is 47.5 Å². The number of benzene rings is 3. The van der Waals surface area contributed by atoms with E-state index in [9.17, 15) is 14.0 Å². The van der Waals surface area contributed by atoms with Gasteiger partial charge in [-0.25, -0.2) is 4.39 Å². The van der Waals surface area contributed by atoms with E-state index in [2.05, 4.69) is 0 Å². The summed E-state index contributed by atoms with van der Waals surface area (Å²) in [6.45, 7) is 0.204. The third kappa shape index (κ3) is 3.17. The molecular weight excluding hydrogens is 397 g/mol. The fourth-order valence-corrected chi connectivity index (χ4v) is 4.05. The summed E-state index contributed by atoms with van der Waals surface area (Å²) in [5, 5.41) is 0.427. The topological polar surface area (TPSA) is 59.8 Å². The second-order valence-corrected chi connectivity index (χ2v) is 7.41. The van der Waals surface area contributed by atoms with Crippen LogP contribution >= 0.6 is 0 Å². The average molecular weight is 415 g/mol. The van der Waals surface area contributed by atoms with Gasteiger partial charge in [0.05, 0.1) is 24.1 Å². The quantitative estimate of drug-likeness (QED) is 0.485. The summed E-state index contributed by atoms with van der Waals surface area (Å²) >= 11 is 0. The van der Waals surface area contributed by atoms with Crippen molar-refractivity contribution in [3.63, 3.8) is 0 Å². The number of methoxy groups -OCH3 is 1. The largest absolute Gasteiger partial charge is 0.497 e. The number of carbonyl (C=O) groups excluding carboxylic acids is 1. The highest BCUT2D eigenvalue weighted by Crippen LogP contribution is 2.39. The maximum absolute atomic E-state index is 13.4. The molecule has 2 heterocycles. The monoisotopic (exact) mass is 415 g/mol. The van der Waals surface area contributed by atoms with Crippen molar-refractivity contribution in [3.8, 4) is 5.75 Å². The van der Waals surface area contributed by atoms with E-state index in [1.807, 2.05) is 12.1 Å². The number of nitrogens with zero attached hydrogens (tertiary/aromatic N) is 1. The van der Waals surface area contributed by atoms with Crippen LogP contribution in [0.15, 0.2) is 82.0 Å². The molecule has 3 aromatic carbocycles. The molecule has 0 spiro atoms. The van der Waals surface area contributed by atoms with Crippen LogP contribution in [0.1, 0.15) is 33.3 Å². The lowest BCUT2D eigenvalue weighted by atomic mass is 9.98. The number of halogens is 1. The number of rotatable bonds is 4. The first kappa shape index (κ1) is 19.1. The Morgan fingerprint density at radius 2 is 1.68 bits per heavy atom. The molecule has 1 aliphatic heterocycles. The first-order valence-corrected chi connectivity index (χ1v) is 9.82. The van der Waals surface area contributed by atoms with Crippen LogP contribution in [0.5, 0.6) is 5.75 Å². The third-order valence-corrected chi connectivity index (χ3v) is 5.57. The van der Waals surface area contributed by atoms with E-state index in [1.165, 1.54) is 12.1 Å². The molecular formula is C25H18FNO4. The van der Waals surface area contributed by atoms with Crippen LogP contribution in [0.4, 0.5) is 4.39 Å². The molecule has 0 N–H and O–H groups in total. The highest BCUT2D eigenvalue weighted by atomic mass is 19.1. The van der Waals surface area contributed by atoms with E-state index in [0.717, 1.165) is 11.1 Å². The van der Waals surface area contributed by atoms with Gasteiger partial charge in [0.25, 0.3) is 5.91 Å².